The summed E-state index contributed by atoms with van der Waals surface area (Å²) in [5.74, 6) is 0.506. The maximum absolute atomic E-state index is 13.6. The van der Waals surface area contributed by atoms with Gasteiger partial charge in [0.1, 0.15) is 17.4 Å². The molecule has 3 rings (SSSR count). The van der Waals surface area contributed by atoms with Crippen LogP contribution in [0.15, 0.2) is 12.1 Å². The standard InChI is InChI=1S/C21H28F2O2.CH4.H2/c1-13-3-5-15(6-4-13)16-7-9-17(10-8-16)21(24)25-18-11-19(22)14(2)20(23)12-18;;/h11-13,15-17H,3-10H2,1-2H3;1H4;1H. The number of rotatable bonds is 3. The van der Waals surface area contributed by atoms with Crippen molar-refractivity contribution in [1.82, 2.24) is 0 Å². The van der Waals surface area contributed by atoms with Gasteiger partial charge in [0.05, 0.1) is 5.92 Å². The average molecular weight is 369 g/mol. The predicted octanol–water partition coefficient (Wildman–Crippen LogP) is 6.69. The second kappa shape index (κ2) is 8.96. The molecule has 26 heavy (non-hydrogen) atoms. The number of carbonyl (C=O) groups is 1. The van der Waals surface area contributed by atoms with Crippen LogP contribution in [-0.4, -0.2) is 5.97 Å². The molecular weight excluding hydrogens is 334 g/mol. The monoisotopic (exact) mass is 368 g/mol. The van der Waals surface area contributed by atoms with E-state index in [9.17, 15) is 13.6 Å². The van der Waals surface area contributed by atoms with E-state index in [0.29, 0.717) is 0 Å². The van der Waals surface area contributed by atoms with Crippen LogP contribution in [0.5, 0.6) is 5.75 Å². The Kier molecular flexibility index (Phi) is 7.19. The van der Waals surface area contributed by atoms with Crippen LogP contribution in [0.4, 0.5) is 8.78 Å². The van der Waals surface area contributed by atoms with E-state index in [1.807, 2.05) is 0 Å². The minimum atomic E-state index is -0.682. The first-order chi connectivity index (χ1) is 11.9. The van der Waals surface area contributed by atoms with Crippen molar-refractivity contribution >= 4 is 5.97 Å². The Bertz CT molecular complexity index is 596. The van der Waals surface area contributed by atoms with Gasteiger partial charge in [-0.1, -0.05) is 27.2 Å². The first kappa shape index (κ1) is 20.9. The summed E-state index contributed by atoms with van der Waals surface area (Å²) in [6.45, 7) is 3.70. The lowest BCUT2D eigenvalue weighted by molar-refractivity contribution is -0.140. The fourth-order valence-corrected chi connectivity index (χ4v) is 4.46. The van der Waals surface area contributed by atoms with Gasteiger partial charge in [0.2, 0.25) is 0 Å². The van der Waals surface area contributed by atoms with Crippen LogP contribution in [0.1, 0.15) is 72.7 Å². The van der Waals surface area contributed by atoms with Crippen molar-refractivity contribution in [1.29, 1.82) is 0 Å². The highest BCUT2D eigenvalue weighted by Crippen LogP contribution is 2.41. The van der Waals surface area contributed by atoms with Gasteiger partial charge >= 0.3 is 5.97 Å². The third-order valence-corrected chi connectivity index (χ3v) is 6.31. The van der Waals surface area contributed by atoms with Crippen molar-refractivity contribution in [2.45, 2.75) is 72.6 Å². The Morgan fingerprint density at radius 2 is 1.42 bits per heavy atom. The Labute approximate surface area is 157 Å². The van der Waals surface area contributed by atoms with Crippen LogP contribution in [0, 0.1) is 42.2 Å². The van der Waals surface area contributed by atoms with E-state index in [-0.39, 0.29) is 32.1 Å². The van der Waals surface area contributed by atoms with Crippen LogP contribution in [0.3, 0.4) is 0 Å². The molecule has 2 aliphatic rings. The Hall–Kier alpha value is -1.45. The molecule has 2 aliphatic carbocycles. The minimum Gasteiger partial charge on any atom is -0.426 e. The van der Waals surface area contributed by atoms with E-state index in [1.165, 1.54) is 32.6 Å². The smallest absolute Gasteiger partial charge is 0.314 e. The molecule has 0 bridgehead atoms. The summed E-state index contributed by atoms with van der Waals surface area (Å²) in [5.41, 5.74) is -0.0536. The van der Waals surface area contributed by atoms with E-state index in [2.05, 4.69) is 6.92 Å². The van der Waals surface area contributed by atoms with Crippen LogP contribution in [0.2, 0.25) is 0 Å². The predicted molar refractivity (Wildman–Crippen MR) is 102 cm³/mol. The average Bonchev–Trinajstić information content (AvgIpc) is 2.60. The van der Waals surface area contributed by atoms with Gasteiger partial charge in [-0.3, -0.25) is 4.79 Å². The molecule has 0 amide bonds. The van der Waals surface area contributed by atoms with Crippen molar-refractivity contribution in [3.63, 3.8) is 0 Å². The van der Waals surface area contributed by atoms with Crippen LogP contribution < -0.4 is 4.74 Å². The molecule has 0 aliphatic heterocycles. The highest BCUT2D eigenvalue weighted by atomic mass is 19.1. The number of hydrogen-bond acceptors (Lipinski definition) is 2. The molecule has 0 N–H and O–H groups in total. The first-order valence-electron chi connectivity index (χ1n) is 9.61. The normalized spacial score (nSPS) is 28.9. The van der Waals surface area contributed by atoms with Crippen molar-refractivity contribution < 1.29 is 19.7 Å². The Morgan fingerprint density at radius 1 is 0.962 bits per heavy atom. The molecule has 4 heteroatoms. The number of esters is 1. The van der Waals surface area contributed by atoms with Gasteiger partial charge in [0, 0.05) is 19.1 Å². The number of carbonyl (C=O) groups excluding carboxylic acids is 1. The van der Waals surface area contributed by atoms with Crippen molar-refractivity contribution in [2.24, 2.45) is 23.7 Å². The van der Waals surface area contributed by atoms with Gasteiger partial charge in [-0.15, -0.1) is 0 Å². The fraction of sp³-hybridized carbons (Fsp3) is 0.682. The molecule has 0 unspecified atom stereocenters. The highest BCUT2D eigenvalue weighted by molar-refractivity contribution is 5.75. The lowest BCUT2D eigenvalue weighted by Crippen LogP contribution is -2.29. The molecule has 148 valence electrons. The van der Waals surface area contributed by atoms with Crippen molar-refractivity contribution in [3.05, 3.63) is 29.3 Å². The molecule has 0 aromatic heterocycles. The van der Waals surface area contributed by atoms with Crippen molar-refractivity contribution in [3.8, 4) is 5.75 Å². The number of halogens is 2. The quantitative estimate of drug-likeness (QED) is 0.439. The van der Waals surface area contributed by atoms with E-state index < -0.39 is 11.6 Å². The number of ether oxygens (including phenoxy) is 1. The van der Waals surface area contributed by atoms with Crippen LogP contribution >= 0.6 is 0 Å². The molecule has 1 aromatic carbocycles. The summed E-state index contributed by atoms with van der Waals surface area (Å²) in [7, 11) is 0. The molecular formula is C22H34F2O2. The summed E-state index contributed by atoms with van der Waals surface area (Å²) in [4.78, 5) is 12.3. The van der Waals surface area contributed by atoms with Gasteiger partial charge in [-0.05, 0) is 63.2 Å². The third kappa shape index (κ3) is 4.83. The molecule has 0 spiro atoms. The van der Waals surface area contributed by atoms with E-state index >= 15 is 0 Å². The molecule has 0 saturated heterocycles. The zero-order valence-electron chi connectivity index (χ0n) is 15.2. The first-order valence-corrected chi connectivity index (χ1v) is 9.61. The largest absolute Gasteiger partial charge is 0.426 e. The van der Waals surface area contributed by atoms with Gasteiger partial charge in [-0.25, -0.2) is 8.78 Å². The highest BCUT2D eigenvalue weighted by Gasteiger charge is 2.33. The molecule has 2 fully saturated rings. The lowest BCUT2D eigenvalue weighted by atomic mass is 9.69. The number of benzene rings is 1. The van der Waals surface area contributed by atoms with Crippen LogP contribution in [-0.2, 0) is 4.79 Å². The molecule has 1 aromatic rings. The number of hydrogen-bond donors (Lipinski definition) is 0. The van der Waals surface area contributed by atoms with Crippen molar-refractivity contribution in [2.75, 3.05) is 0 Å². The van der Waals surface area contributed by atoms with E-state index in [4.69, 9.17) is 4.74 Å². The Balaban J connectivity index is 0.00000182. The topological polar surface area (TPSA) is 26.3 Å². The lowest BCUT2D eigenvalue weighted by Gasteiger charge is -2.36. The molecule has 0 heterocycles. The molecule has 0 atom stereocenters. The van der Waals surface area contributed by atoms with Gasteiger partial charge in [0.25, 0.3) is 0 Å². The SMILES string of the molecule is C.Cc1c(F)cc(OC(=O)C2CCC(C3CCC(C)CC3)CC2)cc1F.[HH]. The summed E-state index contributed by atoms with van der Waals surface area (Å²) >= 11 is 0. The van der Waals surface area contributed by atoms with E-state index in [0.717, 1.165) is 55.6 Å². The molecule has 0 radical (unpaired) electrons. The molecule has 2 nitrogen and oxygen atoms in total. The van der Waals surface area contributed by atoms with Gasteiger partial charge < -0.3 is 4.74 Å². The zero-order chi connectivity index (χ0) is 18.0. The molecule has 2 saturated carbocycles. The Morgan fingerprint density at radius 3 is 1.92 bits per heavy atom. The second-order valence-electron chi connectivity index (χ2n) is 8.06. The minimum absolute atomic E-state index is 0. The zero-order valence-corrected chi connectivity index (χ0v) is 15.2. The van der Waals surface area contributed by atoms with E-state index in [1.54, 1.807) is 0 Å². The van der Waals surface area contributed by atoms with Gasteiger partial charge in [-0.2, -0.15) is 0 Å². The summed E-state index contributed by atoms with van der Waals surface area (Å²) < 4.78 is 32.4. The maximum Gasteiger partial charge on any atom is 0.314 e. The summed E-state index contributed by atoms with van der Waals surface area (Å²) in [5, 5.41) is 0. The maximum atomic E-state index is 13.6. The van der Waals surface area contributed by atoms with Crippen LogP contribution in [0.25, 0.3) is 0 Å². The second-order valence-corrected chi connectivity index (χ2v) is 8.06. The summed E-state index contributed by atoms with van der Waals surface area (Å²) in [6, 6.07) is 2.18. The summed E-state index contributed by atoms with van der Waals surface area (Å²) in [6.07, 6.45) is 9.09. The van der Waals surface area contributed by atoms with Gasteiger partial charge in [0.15, 0.2) is 0 Å². The third-order valence-electron chi connectivity index (χ3n) is 6.31. The fourth-order valence-electron chi connectivity index (χ4n) is 4.46.